The number of rotatable bonds is 3. The van der Waals surface area contributed by atoms with Gasteiger partial charge in [0.1, 0.15) is 0 Å². The minimum atomic E-state index is 0.802. The van der Waals surface area contributed by atoms with Crippen LogP contribution < -0.4 is 5.73 Å². The Kier molecular flexibility index (Phi) is 3.91. The van der Waals surface area contributed by atoms with Crippen LogP contribution in [0.5, 0.6) is 0 Å². The normalized spacial score (nSPS) is 10.2. The van der Waals surface area contributed by atoms with Crippen LogP contribution in [-0.2, 0) is 12.8 Å². The molecule has 14 heavy (non-hydrogen) atoms. The van der Waals surface area contributed by atoms with Gasteiger partial charge in [0.15, 0.2) is 0 Å². The second kappa shape index (κ2) is 4.77. The standard InChI is InChI=1S/C12H17NSe/c1-4-9-8(3)6-7-11(12(13)14)10(9)5-2/h6-7H,4-5H2,1-3H3,(H2,13,14). The van der Waals surface area contributed by atoms with Crippen LogP contribution >= 0.6 is 0 Å². The fraction of sp³-hybridized carbons (Fsp3) is 0.417. The summed E-state index contributed by atoms with van der Waals surface area (Å²) in [4.78, 5) is 0. The van der Waals surface area contributed by atoms with Crippen LogP contribution in [0.1, 0.15) is 36.1 Å². The molecule has 1 aromatic rings. The van der Waals surface area contributed by atoms with E-state index in [1.54, 1.807) is 0 Å². The molecule has 0 aliphatic rings. The van der Waals surface area contributed by atoms with Gasteiger partial charge in [0, 0.05) is 0 Å². The van der Waals surface area contributed by atoms with Crippen molar-refractivity contribution in [3.05, 3.63) is 34.4 Å². The Morgan fingerprint density at radius 3 is 2.21 bits per heavy atom. The summed E-state index contributed by atoms with van der Waals surface area (Å²) in [6.45, 7) is 6.54. The molecular weight excluding hydrogens is 237 g/mol. The maximum atomic E-state index is 5.82. The number of aryl methyl sites for hydroxylation is 1. The molecule has 0 fully saturated rings. The van der Waals surface area contributed by atoms with Crippen LogP contribution in [-0.4, -0.2) is 20.1 Å². The third kappa shape index (κ3) is 2.07. The van der Waals surface area contributed by atoms with Gasteiger partial charge in [0.25, 0.3) is 0 Å². The molecular formula is C12H17NSe. The van der Waals surface area contributed by atoms with Crippen molar-refractivity contribution in [1.82, 2.24) is 0 Å². The van der Waals surface area contributed by atoms with Gasteiger partial charge >= 0.3 is 93.9 Å². The number of benzene rings is 1. The first-order valence-electron chi connectivity index (χ1n) is 5.02. The zero-order valence-corrected chi connectivity index (χ0v) is 10.8. The van der Waals surface area contributed by atoms with Crippen molar-refractivity contribution >= 4 is 20.1 Å². The molecule has 0 aliphatic heterocycles. The van der Waals surface area contributed by atoms with Crippen LogP contribution in [0.4, 0.5) is 0 Å². The number of hydrogen-bond acceptors (Lipinski definition) is 1. The molecule has 0 unspecified atom stereocenters. The Balaban J connectivity index is 3.40. The van der Waals surface area contributed by atoms with Crippen molar-refractivity contribution in [2.24, 2.45) is 5.73 Å². The van der Waals surface area contributed by atoms with Crippen molar-refractivity contribution in [3.63, 3.8) is 0 Å². The first-order chi connectivity index (χ1) is 6.61. The van der Waals surface area contributed by atoms with Crippen LogP contribution in [0.2, 0.25) is 0 Å². The van der Waals surface area contributed by atoms with E-state index >= 15 is 0 Å². The monoisotopic (exact) mass is 255 g/mol. The van der Waals surface area contributed by atoms with E-state index < -0.39 is 0 Å². The van der Waals surface area contributed by atoms with Crippen LogP contribution in [0.25, 0.3) is 0 Å². The third-order valence-corrected chi connectivity index (χ3v) is 3.10. The number of hydrogen-bond donors (Lipinski definition) is 1. The van der Waals surface area contributed by atoms with Crippen molar-refractivity contribution in [1.29, 1.82) is 0 Å². The summed E-state index contributed by atoms with van der Waals surface area (Å²) in [6, 6.07) is 4.26. The van der Waals surface area contributed by atoms with Crippen molar-refractivity contribution < 1.29 is 0 Å². The molecule has 0 saturated carbocycles. The first kappa shape index (κ1) is 11.5. The van der Waals surface area contributed by atoms with Crippen molar-refractivity contribution in [3.8, 4) is 0 Å². The molecule has 76 valence electrons. The Hall–Kier alpha value is -0.591. The predicted molar refractivity (Wildman–Crippen MR) is 64.0 cm³/mol. The minimum absolute atomic E-state index is 0.802. The summed E-state index contributed by atoms with van der Waals surface area (Å²) >= 11 is 2.90. The summed E-state index contributed by atoms with van der Waals surface area (Å²) in [6.07, 6.45) is 2.12. The molecule has 1 nitrogen and oxygen atoms in total. The van der Waals surface area contributed by atoms with Gasteiger partial charge in [-0.1, -0.05) is 0 Å². The van der Waals surface area contributed by atoms with Gasteiger partial charge in [-0.2, -0.15) is 0 Å². The van der Waals surface area contributed by atoms with Gasteiger partial charge in [-0.25, -0.2) is 0 Å². The van der Waals surface area contributed by atoms with Crippen LogP contribution in [0, 0.1) is 6.92 Å². The number of nitrogens with two attached hydrogens (primary N) is 1. The summed E-state index contributed by atoms with van der Waals surface area (Å²) < 4.78 is 0.802. The van der Waals surface area contributed by atoms with E-state index in [2.05, 4.69) is 48.5 Å². The van der Waals surface area contributed by atoms with E-state index in [-0.39, 0.29) is 0 Å². The fourth-order valence-corrected chi connectivity index (χ4v) is 2.34. The molecule has 0 atom stereocenters. The molecule has 0 aliphatic carbocycles. The molecule has 2 heteroatoms. The Morgan fingerprint density at radius 1 is 1.21 bits per heavy atom. The average molecular weight is 254 g/mol. The molecule has 0 radical (unpaired) electrons. The zero-order valence-electron chi connectivity index (χ0n) is 9.05. The van der Waals surface area contributed by atoms with E-state index in [0.29, 0.717) is 0 Å². The van der Waals surface area contributed by atoms with Gasteiger partial charge in [-0.05, 0) is 0 Å². The molecule has 2 N–H and O–H groups in total. The van der Waals surface area contributed by atoms with Crippen molar-refractivity contribution in [2.75, 3.05) is 0 Å². The average Bonchev–Trinajstić information content (AvgIpc) is 2.16. The summed E-state index contributed by atoms with van der Waals surface area (Å²) in [5.41, 5.74) is 11.2. The Labute approximate surface area is 94.1 Å². The Morgan fingerprint density at radius 2 is 1.79 bits per heavy atom. The van der Waals surface area contributed by atoms with Gasteiger partial charge in [0.2, 0.25) is 0 Å². The molecule has 0 amide bonds. The fourth-order valence-electron chi connectivity index (χ4n) is 1.94. The zero-order chi connectivity index (χ0) is 10.7. The van der Waals surface area contributed by atoms with Gasteiger partial charge < -0.3 is 0 Å². The van der Waals surface area contributed by atoms with Crippen LogP contribution in [0.15, 0.2) is 12.1 Å². The van der Waals surface area contributed by atoms with Gasteiger partial charge in [0.05, 0.1) is 0 Å². The van der Waals surface area contributed by atoms with Crippen LogP contribution in [0.3, 0.4) is 0 Å². The van der Waals surface area contributed by atoms with E-state index in [9.17, 15) is 0 Å². The topological polar surface area (TPSA) is 26.0 Å². The quantitative estimate of drug-likeness (QED) is 0.817. The molecule has 0 aromatic heterocycles. The Bertz CT molecular complexity index is 356. The second-order valence-electron chi connectivity index (χ2n) is 3.46. The molecule has 1 aromatic carbocycles. The summed E-state index contributed by atoms with van der Waals surface area (Å²) in [7, 11) is 0. The van der Waals surface area contributed by atoms with E-state index in [4.69, 9.17) is 5.73 Å². The summed E-state index contributed by atoms with van der Waals surface area (Å²) in [5.74, 6) is 0. The molecule has 0 spiro atoms. The van der Waals surface area contributed by atoms with E-state index in [1.165, 1.54) is 22.3 Å². The first-order valence-corrected chi connectivity index (χ1v) is 5.88. The van der Waals surface area contributed by atoms with E-state index in [0.717, 1.165) is 17.4 Å². The third-order valence-electron chi connectivity index (χ3n) is 2.64. The maximum absolute atomic E-state index is 5.82. The van der Waals surface area contributed by atoms with Gasteiger partial charge in [-0.15, -0.1) is 0 Å². The second-order valence-corrected chi connectivity index (χ2v) is 4.38. The molecule has 0 saturated heterocycles. The van der Waals surface area contributed by atoms with E-state index in [1.807, 2.05) is 0 Å². The predicted octanol–water partition coefficient (Wildman–Crippen LogP) is 1.73. The molecule has 0 heterocycles. The van der Waals surface area contributed by atoms with Gasteiger partial charge in [-0.3, -0.25) is 0 Å². The SMILES string of the molecule is CCc1c(C)ccc(C(N)=[Se])c1CC. The summed E-state index contributed by atoms with van der Waals surface area (Å²) in [5, 5.41) is 0. The molecule has 1 rings (SSSR count). The van der Waals surface area contributed by atoms with Crippen molar-refractivity contribution in [2.45, 2.75) is 33.6 Å². The molecule has 0 bridgehead atoms.